The third-order valence-electron chi connectivity index (χ3n) is 7.04. The fraction of sp³-hybridized carbons (Fsp3) is 0.708. The number of hydrogen-bond acceptors (Lipinski definition) is 4. The van der Waals surface area contributed by atoms with Crippen LogP contribution in [0.5, 0.6) is 11.5 Å². The SMILES string of the molecule is CCCCCNC(=O)C[NH+]1CC[C@]2(O)CCCC[C@@H]2[C@H]1c1ccc(OC)c(OC)c1. The number of unbranched alkanes of at least 4 members (excludes halogenated alkanes) is 2. The molecule has 1 aliphatic carbocycles. The Morgan fingerprint density at radius 1 is 1.20 bits per heavy atom. The summed E-state index contributed by atoms with van der Waals surface area (Å²) in [4.78, 5) is 13.9. The molecule has 1 unspecified atom stereocenters. The van der Waals surface area contributed by atoms with Crippen LogP contribution in [0, 0.1) is 5.92 Å². The van der Waals surface area contributed by atoms with Crippen molar-refractivity contribution >= 4 is 5.91 Å². The summed E-state index contributed by atoms with van der Waals surface area (Å²) in [6.45, 7) is 4.15. The highest BCUT2D eigenvalue weighted by molar-refractivity contribution is 5.76. The van der Waals surface area contributed by atoms with Crippen LogP contribution in [-0.2, 0) is 4.79 Å². The topological polar surface area (TPSA) is 72.2 Å². The standard InChI is InChI=1S/C24H38N2O4/c1-4-5-8-14-25-22(27)17-26-15-13-24(28)12-7-6-9-19(24)23(26)18-10-11-20(29-2)21(16-18)30-3/h10-11,16,19,23,28H,4-9,12-15,17H2,1-3H3,(H,25,27)/p+1/t19-,23-,24-/m1/s1. The lowest BCUT2D eigenvalue weighted by atomic mass is 9.66. The van der Waals surface area contributed by atoms with E-state index in [9.17, 15) is 9.90 Å². The molecule has 0 aromatic heterocycles. The summed E-state index contributed by atoms with van der Waals surface area (Å²) in [5.41, 5.74) is 0.489. The summed E-state index contributed by atoms with van der Waals surface area (Å²) in [5.74, 6) is 1.66. The number of carbonyl (C=O) groups is 1. The highest BCUT2D eigenvalue weighted by Gasteiger charge is 2.52. The average molecular weight is 420 g/mol. The van der Waals surface area contributed by atoms with Gasteiger partial charge < -0.3 is 24.8 Å². The van der Waals surface area contributed by atoms with Crippen molar-refractivity contribution in [3.05, 3.63) is 23.8 Å². The Kier molecular flexibility index (Phi) is 8.00. The molecule has 30 heavy (non-hydrogen) atoms. The van der Waals surface area contributed by atoms with Gasteiger partial charge in [0.2, 0.25) is 0 Å². The van der Waals surface area contributed by atoms with Crippen molar-refractivity contribution in [2.75, 3.05) is 33.9 Å². The van der Waals surface area contributed by atoms with E-state index in [2.05, 4.69) is 18.3 Å². The molecule has 3 N–H and O–H groups in total. The van der Waals surface area contributed by atoms with Gasteiger partial charge in [0.1, 0.15) is 6.04 Å². The molecule has 1 amide bonds. The molecule has 1 aromatic carbocycles. The van der Waals surface area contributed by atoms with Crippen molar-refractivity contribution in [3.63, 3.8) is 0 Å². The van der Waals surface area contributed by atoms with Crippen molar-refractivity contribution in [3.8, 4) is 11.5 Å². The van der Waals surface area contributed by atoms with Gasteiger partial charge >= 0.3 is 0 Å². The van der Waals surface area contributed by atoms with Crippen LogP contribution >= 0.6 is 0 Å². The number of carbonyl (C=O) groups excluding carboxylic acids is 1. The molecular formula is C24H39N2O4+. The highest BCUT2D eigenvalue weighted by Crippen LogP contribution is 2.45. The monoisotopic (exact) mass is 419 g/mol. The molecule has 168 valence electrons. The second-order valence-corrected chi connectivity index (χ2v) is 8.94. The molecule has 0 spiro atoms. The first-order valence-electron chi connectivity index (χ1n) is 11.6. The van der Waals surface area contributed by atoms with E-state index in [1.807, 2.05) is 12.1 Å². The van der Waals surface area contributed by atoms with Gasteiger partial charge in [-0.05, 0) is 37.5 Å². The predicted molar refractivity (Wildman–Crippen MR) is 117 cm³/mol. The Morgan fingerprint density at radius 2 is 2.00 bits per heavy atom. The molecule has 1 saturated carbocycles. The van der Waals surface area contributed by atoms with Crippen LogP contribution in [0.15, 0.2) is 18.2 Å². The zero-order chi connectivity index (χ0) is 21.6. The number of quaternary nitrogens is 1. The van der Waals surface area contributed by atoms with Crippen LogP contribution in [0.25, 0.3) is 0 Å². The number of rotatable bonds is 9. The second-order valence-electron chi connectivity index (χ2n) is 8.94. The molecule has 0 radical (unpaired) electrons. The van der Waals surface area contributed by atoms with Crippen molar-refractivity contribution in [2.24, 2.45) is 5.92 Å². The molecular weight excluding hydrogens is 380 g/mol. The Labute approximate surface area is 180 Å². The Bertz CT molecular complexity index is 710. The van der Waals surface area contributed by atoms with Crippen LogP contribution in [0.4, 0.5) is 0 Å². The predicted octanol–water partition coefficient (Wildman–Crippen LogP) is 2.26. The van der Waals surface area contributed by atoms with Gasteiger partial charge in [0, 0.05) is 24.4 Å². The normalized spacial score (nSPS) is 28.5. The maximum absolute atomic E-state index is 12.7. The van der Waals surface area contributed by atoms with Gasteiger partial charge in [-0.2, -0.15) is 0 Å². The quantitative estimate of drug-likeness (QED) is 0.537. The molecule has 2 fully saturated rings. The van der Waals surface area contributed by atoms with Gasteiger partial charge in [0.15, 0.2) is 18.0 Å². The van der Waals surface area contributed by atoms with Gasteiger partial charge in [-0.15, -0.1) is 0 Å². The molecule has 3 rings (SSSR count). The lowest BCUT2D eigenvalue weighted by Crippen LogP contribution is -3.16. The Morgan fingerprint density at radius 3 is 2.73 bits per heavy atom. The minimum Gasteiger partial charge on any atom is -0.493 e. The zero-order valence-electron chi connectivity index (χ0n) is 18.8. The molecule has 1 heterocycles. The van der Waals surface area contributed by atoms with Crippen molar-refractivity contribution in [1.29, 1.82) is 0 Å². The van der Waals surface area contributed by atoms with E-state index in [0.29, 0.717) is 18.0 Å². The number of hydrogen-bond donors (Lipinski definition) is 3. The summed E-state index contributed by atoms with van der Waals surface area (Å²) in [7, 11) is 3.28. The number of fused-ring (bicyclic) bond motifs is 1. The van der Waals surface area contributed by atoms with Crippen LogP contribution in [0.3, 0.4) is 0 Å². The molecule has 1 aliphatic heterocycles. The lowest BCUT2D eigenvalue weighted by molar-refractivity contribution is -0.937. The Balaban J connectivity index is 1.83. The van der Waals surface area contributed by atoms with E-state index >= 15 is 0 Å². The summed E-state index contributed by atoms with van der Waals surface area (Å²) in [6, 6.07) is 6.12. The number of aliphatic hydroxyl groups is 1. The summed E-state index contributed by atoms with van der Waals surface area (Å²) in [6.07, 6.45) is 8.15. The van der Waals surface area contributed by atoms with Gasteiger partial charge in [0.05, 0.1) is 26.4 Å². The molecule has 6 heteroatoms. The van der Waals surface area contributed by atoms with Gasteiger partial charge in [-0.1, -0.05) is 32.6 Å². The molecule has 2 aliphatic rings. The number of piperidine rings is 1. The van der Waals surface area contributed by atoms with E-state index in [0.717, 1.165) is 70.0 Å². The van der Waals surface area contributed by atoms with E-state index in [1.165, 1.54) is 4.90 Å². The first-order chi connectivity index (χ1) is 14.5. The molecule has 4 atom stereocenters. The maximum atomic E-state index is 12.7. The number of amides is 1. The van der Waals surface area contributed by atoms with E-state index in [4.69, 9.17) is 9.47 Å². The van der Waals surface area contributed by atoms with Gasteiger partial charge in [0.25, 0.3) is 5.91 Å². The lowest BCUT2D eigenvalue weighted by Gasteiger charge is -2.50. The molecule has 0 bridgehead atoms. The number of benzene rings is 1. The molecule has 1 saturated heterocycles. The molecule has 1 aromatic rings. The van der Waals surface area contributed by atoms with Crippen LogP contribution in [0.1, 0.15) is 69.9 Å². The fourth-order valence-electron chi connectivity index (χ4n) is 5.44. The van der Waals surface area contributed by atoms with E-state index in [-0.39, 0.29) is 17.9 Å². The number of nitrogens with one attached hydrogen (secondary N) is 2. The highest BCUT2D eigenvalue weighted by atomic mass is 16.5. The first-order valence-corrected chi connectivity index (χ1v) is 11.6. The smallest absolute Gasteiger partial charge is 0.275 e. The van der Waals surface area contributed by atoms with E-state index < -0.39 is 5.60 Å². The third kappa shape index (κ3) is 5.09. The van der Waals surface area contributed by atoms with Crippen molar-refractivity contribution in [1.82, 2.24) is 5.32 Å². The largest absolute Gasteiger partial charge is 0.493 e. The van der Waals surface area contributed by atoms with Crippen LogP contribution in [-0.4, -0.2) is 50.5 Å². The molecule has 6 nitrogen and oxygen atoms in total. The van der Waals surface area contributed by atoms with E-state index in [1.54, 1.807) is 14.2 Å². The minimum absolute atomic E-state index is 0.0743. The van der Waals surface area contributed by atoms with Gasteiger partial charge in [-0.25, -0.2) is 0 Å². The fourth-order valence-corrected chi connectivity index (χ4v) is 5.44. The van der Waals surface area contributed by atoms with Crippen molar-refractivity contribution < 1.29 is 24.3 Å². The third-order valence-corrected chi connectivity index (χ3v) is 7.04. The number of likely N-dealkylation sites (tertiary alicyclic amines) is 1. The van der Waals surface area contributed by atoms with Crippen LogP contribution < -0.4 is 19.7 Å². The Hall–Kier alpha value is -1.79. The summed E-state index contributed by atoms with van der Waals surface area (Å²) in [5, 5.41) is 14.5. The van der Waals surface area contributed by atoms with Crippen LogP contribution in [0.2, 0.25) is 0 Å². The number of methoxy groups -OCH3 is 2. The first kappa shape index (κ1) is 22.9. The van der Waals surface area contributed by atoms with Crippen molar-refractivity contribution in [2.45, 2.75) is 69.9 Å². The second kappa shape index (κ2) is 10.5. The summed E-state index contributed by atoms with van der Waals surface area (Å²) >= 11 is 0. The maximum Gasteiger partial charge on any atom is 0.275 e. The average Bonchev–Trinajstić information content (AvgIpc) is 2.76. The minimum atomic E-state index is -0.628. The zero-order valence-corrected chi connectivity index (χ0v) is 18.8. The number of ether oxygens (including phenoxy) is 2. The summed E-state index contributed by atoms with van der Waals surface area (Å²) < 4.78 is 11.0. The van der Waals surface area contributed by atoms with Gasteiger partial charge in [-0.3, -0.25) is 4.79 Å².